The van der Waals surface area contributed by atoms with Crippen molar-refractivity contribution in [1.29, 1.82) is 0 Å². The van der Waals surface area contributed by atoms with Gasteiger partial charge in [0.15, 0.2) is 0 Å². The zero-order valence-corrected chi connectivity index (χ0v) is 12.7. The van der Waals surface area contributed by atoms with Crippen molar-refractivity contribution >= 4 is 12.4 Å². The molecule has 0 aromatic rings. The van der Waals surface area contributed by atoms with E-state index in [1.165, 1.54) is 38.5 Å². The molecule has 0 aromatic carbocycles. The van der Waals surface area contributed by atoms with Crippen LogP contribution in [-0.4, -0.2) is 32.1 Å². The first-order valence-corrected chi connectivity index (χ1v) is 7.65. The van der Waals surface area contributed by atoms with E-state index in [0.717, 1.165) is 25.8 Å². The number of nitrogens with two attached hydrogens (primary N) is 1. The van der Waals surface area contributed by atoms with Crippen LogP contribution in [0, 0.1) is 0 Å². The fraction of sp³-hybridized carbons (Fsp3) is 0.857. The number of hydrogen-bond acceptors (Lipinski definition) is 4. The second kappa shape index (κ2) is 15.8. The third kappa shape index (κ3) is 14.8. The van der Waals surface area contributed by atoms with E-state index in [0.29, 0.717) is 13.2 Å². The molecule has 0 heterocycles. The van der Waals surface area contributed by atoms with Gasteiger partial charge in [0.2, 0.25) is 0 Å². The fourth-order valence-electron chi connectivity index (χ4n) is 1.79. The average molecular weight is 286 g/mol. The number of rotatable bonds is 13. The molecule has 118 valence electrons. The van der Waals surface area contributed by atoms with E-state index in [1.54, 1.807) is 0 Å². The molecule has 0 bridgehead atoms. The van der Waals surface area contributed by atoms with Gasteiger partial charge >= 0.3 is 6.03 Å². The molecule has 4 N–H and O–H groups in total. The highest BCUT2D eigenvalue weighted by Crippen LogP contribution is 2.06. The first kappa shape index (κ1) is 18.7. The number of ether oxygens (including phenoxy) is 1. The summed E-state index contributed by atoms with van der Waals surface area (Å²) in [5.74, 6) is 4.85. The van der Waals surface area contributed by atoms with Crippen molar-refractivity contribution < 1.29 is 9.53 Å². The lowest BCUT2D eigenvalue weighted by molar-refractivity contribution is 0.127. The summed E-state index contributed by atoms with van der Waals surface area (Å²) in [5.41, 5.74) is 0. The largest absolute Gasteiger partial charge is 0.381 e. The van der Waals surface area contributed by atoms with Gasteiger partial charge in [0.1, 0.15) is 6.34 Å². The van der Waals surface area contributed by atoms with Crippen molar-refractivity contribution in [2.24, 2.45) is 10.9 Å². The Labute approximate surface area is 122 Å². The number of hydrazone groups is 1. The molecule has 6 nitrogen and oxygen atoms in total. The third-order valence-electron chi connectivity index (χ3n) is 2.91. The second-order valence-corrected chi connectivity index (χ2v) is 4.77. The number of unbranched alkanes of at least 4 members (excludes halogenated alkanes) is 6. The van der Waals surface area contributed by atoms with E-state index in [1.807, 2.05) is 0 Å². The summed E-state index contributed by atoms with van der Waals surface area (Å²) in [4.78, 5) is 11.1. The number of carbonyl (C=O) groups excluding carboxylic acids is 1. The Morgan fingerprint density at radius 3 is 2.45 bits per heavy atom. The van der Waals surface area contributed by atoms with Crippen LogP contribution in [0.4, 0.5) is 4.79 Å². The maximum atomic E-state index is 11.1. The van der Waals surface area contributed by atoms with Crippen molar-refractivity contribution in [2.45, 2.75) is 58.3 Å². The quantitative estimate of drug-likeness (QED) is 0.160. The molecule has 0 aliphatic rings. The molecule has 0 atom stereocenters. The van der Waals surface area contributed by atoms with Crippen LogP contribution in [0.3, 0.4) is 0 Å². The second-order valence-electron chi connectivity index (χ2n) is 4.77. The molecule has 6 heteroatoms. The van der Waals surface area contributed by atoms with Crippen LogP contribution in [-0.2, 0) is 4.74 Å². The average Bonchev–Trinajstić information content (AvgIpc) is 2.46. The third-order valence-corrected chi connectivity index (χ3v) is 2.91. The van der Waals surface area contributed by atoms with Gasteiger partial charge in [-0.2, -0.15) is 5.10 Å². The van der Waals surface area contributed by atoms with Gasteiger partial charge in [0.25, 0.3) is 0 Å². The molecule has 0 saturated heterocycles. The van der Waals surface area contributed by atoms with Crippen molar-refractivity contribution in [1.82, 2.24) is 10.6 Å². The molecule has 0 radical (unpaired) electrons. The number of urea groups is 1. The zero-order chi connectivity index (χ0) is 14.9. The molecule has 0 aromatic heterocycles. The molecule has 0 spiro atoms. The number of nitrogens with zero attached hydrogens (tertiary/aromatic N) is 1. The Morgan fingerprint density at radius 1 is 1.10 bits per heavy atom. The molecular formula is C14H30N4O2. The monoisotopic (exact) mass is 286 g/mol. The Hall–Kier alpha value is -1.30. The SMILES string of the molecule is CCCCCCCCCOCCCNC(=O)NC=NN. The number of amides is 2. The van der Waals surface area contributed by atoms with Crippen molar-refractivity contribution in [3.05, 3.63) is 0 Å². The van der Waals surface area contributed by atoms with E-state index in [2.05, 4.69) is 22.7 Å². The zero-order valence-electron chi connectivity index (χ0n) is 12.7. The van der Waals surface area contributed by atoms with E-state index >= 15 is 0 Å². The minimum Gasteiger partial charge on any atom is -0.381 e. The van der Waals surface area contributed by atoms with Crippen LogP contribution >= 0.6 is 0 Å². The lowest BCUT2D eigenvalue weighted by Gasteiger charge is -2.06. The van der Waals surface area contributed by atoms with E-state index in [9.17, 15) is 4.79 Å². The first-order chi connectivity index (χ1) is 9.81. The Morgan fingerprint density at radius 2 is 1.75 bits per heavy atom. The van der Waals surface area contributed by atoms with Gasteiger partial charge in [-0.1, -0.05) is 45.4 Å². The number of carbonyl (C=O) groups is 1. The van der Waals surface area contributed by atoms with Crippen LogP contribution in [0.25, 0.3) is 0 Å². The maximum absolute atomic E-state index is 11.1. The van der Waals surface area contributed by atoms with Gasteiger partial charge in [-0.05, 0) is 12.8 Å². The van der Waals surface area contributed by atoms with Gasteiger partial charge in [0.05, 0.1) is 0 Å². The van der Waals surface area contributed by atoms with E-state index in [-0.39, 0.29) is 6.03 Å². The molecule has 0 fully saturated rings. The summed E-state index contributed by atoms with van der Waals surface area (Å²) >= 11 is 0. The van der Waals surface area contributed by atoms with Crippen molar-refractivity contribution in [3.63, 3.8) is 0 Å². The molecule has 0 rings (SSSR count). The molecular weight excluding hydrogens is 256 g/mol. The highest BCUT2D eigenvalue weighted by molar-refractivity contribution is 5.85. The number of hydrogen-bond donors (Lipinski definition) is 3. The van der Waals surface area contributed by atoms with Crippen LogP contribution in [0.5, 0.6) is 0 Å². The first-order valence-electron chi connectivity index (χ1n) is 7.65. The summed E-state index contributed by atoms with van der Waals surface area (Å²) in [6, 6.07) is -0.300. The van der Waals surface area contributed by atoms with Gasteiger partial charge < -0.3 is 15.9 Å². The van der Waals surface area contributed by atoms with E-state index < -0.39 is 0 Å². The highest BCUT2D eigenvalue weighted by Gasteiger charge is 1.96. The standard InChI is InChI=1S/C14H30N4O2/c1-2-3-4-5-6-7-8-11-20-12-9-10-16-14(19)17-13-18-15/h13H,2-12,15H2,1H3,(H2,16,17,18,19). The van der Waals surface area contributed by atoms with Gasteiger partial charge in [0, 0.05) is 19.8 Å². The molecule has 0 aliphatic carbocycles. The lowest BCUT2D eigenvalue weighted by atomic mass is 10.1. The molecule has 20 heavy (non-hydrogen) atoms. The van der Waals surface area contributed by atoms with Crippen molar-refractivity contribution in [2.75, 3.05) is 19.8 Å². The van der Waals surface area contributed by atoms with Crippen LogP contribution < -0.4 is 16.5 Å². The molecule has 2 amide bonds. The summed E-state index contributed by atoms with van der Waals surface area (Å²) in [6.45, 7) is 4.32. The predicted molar refractivity (Wildman–Crippen MR) is 82.6 cm³/mol. The minimum absolute atomic E-state index is 0.300. The smallest absolute Gasteiger partial charge is 0.319 e. The molecule has 0 unspecified atom stereocenters. The summed E-state index contributed by atoms with van der Waals surface area (Å²) in [7, 11) is 0. The Balaban J connectivity index is 3.07. The van der Waals surface area contributed by atoms with Gasteiger partial charge in [-0.25, -0.2) is 4.79 Å². The predicted octanol–water partition coefficient (Wildman–Crippen LogP) is 2.34. The van der Waals surface area contributed by atoms with Gasteiger partial charge in [-0.15, -0.1) is 0 Å². The Bertz CT molecular complexity index is 247. The lowest BCUT2D eigenvalue weighted by Crippen LogP contribution is -2.35. The summed E-state index contributed by atoms with van der Waals surface area (Å²) in [5, 5.41) is 8.20. The molecule has 0 aliphatic heterocycles. The van der Waals surface area contributed by atoms with Crippen LogP contribution in [0.1, 0.15) is 58.3 Å². The maximum Gasteiger partial charge on any atom is 0.319 e. The summed E-state index contributed by atoms with van der Waals surface area (Å²) in [6.07, 6.45) is 11.0. The van der Waals surface area contributed by atoms with Crippen molar-refractivity contribution in [3.8, 4) is 0 Å². The topological polar surface area (TPSA) is 88.7 Å². The summed E-state index contributed by atoms with van der Waals surface area (Å²) < 4.78 is 5.51. The normalized spacial score (nSPS) is 10.8. The molecule has 0 saturated carbocycles. The van der Waals surface area contributed by atoms with Crippen LogP contribution in [0.2, 0.25) is 0 Å². The fourth-order valence-corrected chi connectivity index (χ4v) is 1.79. The minimum atomic E-state index is -0.300. The Kier molecular flexibility index (Phi) is 14.7. The van der Waals surface area contributed by atoms with E-state index in [4.69, 9.17) is 10.6 Å². The highest BCUT2D eigenvalue weighted by atomic mass is 16.5. The van der Waals surface area contributed by atoms with Gasteiger partial charge in [-0.3, -0.25) is 5.32 Å². The number of nitrogens with one attached hydrogen (secondary N) is 2. The van der Waals surface area contributed by atoms with Crippen LogP contribution in [0.15, 0.2) is 5.10 Å².